The van der Waals surface area contributed by atoms with Crippen LogP contribution in [0.2, 0.25) is 0 Å². The molecule has 1 rings (SSSR count). The molecular weight excluding hydrogens is 1200 g/mol. The van der Waals surface area contributed by atoms with Crippen LogP contribution in [0.25, 0.3) is 0 Å². The Labute approximate surface area is 527 Å². The van der Waals surface area contributed by atoms with Crippen LogP contribution in [0.5, 0.6) is 0 Å². The number of carboxylic acid groups (broad SMARTS) is 2. The van der Waals surface area contributed by atoms with Crippen LogP contribution in [0.3, 0.4) is 0 Å². The van der Waals surface area contributed by atoms with E-state index in [1.165, 1.54) is 13.8 Å². The van der Waals surface area contributed by atoms with Crippen molar-refractivity contribution < 1.29 is 103 Å². The first-order valence-electron chi connectivity index (χ1n) is 30.2. The SMILES string of the molecule is CC(C)CC(NC(=O)C(NC(=O)C(NC(=O)C(CC(C)C)NC(=O)C1CCCN1C(=O)C(NC(=O)C(CCC(N)=O)NC(=O)C(CO)NC(=O)C(CCCCN)NC(=O)C(CCC(=O)O)NC(=O)C(CO)NC(=O)C(N)C(C)O)C(C)O)C(C)C)C(C)O)C(=O)O. The first-order valence-corrected chi connectivity index (χ1v) is 30.2. The molecule has 35 heteroatoms. The summed E-state index contributed by atoms with van der Waals surface area (Å²) >= 11 is 0. The largest absolute Gasteiger partial charge is 0.481 e. The van der Waals surface area contributed by atoms with Gasteiger partial charge in [-0.15, -0.1) is 0 Å². The second-order valence-corrected chi connectivity index (χ2v) is 23.8. The lowest BCUT2D eigenvalue weighted by Gasteiger charge is -2.32. The van der Waals surface area contributed by atoms with E-state index in [4.69, 9.17) is 17.2 Å². The van der Waals surface area contributed by atoms with Gasteiger partial charge in [0.2, 0.25) is 70.9 Å². The van der Waals surface area contributed by atoms with Crippen LogP contribution in [0, 0.1) is 17.8 Å². The van der Waals surface area contributed by atoms with Gasteiger partial charge >= 0.3 is 11.9 Å². The second kappa shape index (κ2) is 40.2. The normalized spacial score (nSPS) is 17.7. The summed E-state index contributed by atoms with van der Waals surface area (Å²) in [6.07, 6.45) is -6.59. The molecule has 35 nitrogen and oxygen atoms in total. The first-order chi connectivity index (χ1) is 42.4. The number of likely N-dealkylation sites (tertiary alicyclic amines) is 1. The van der Waals surface area contributed by atoms with E-state index in [9.17, 15) is 103 Å². The maximum atomic E-state index is 14.4. The summed E-state index contributed by atoms with van der Waals surface area (Å²) in [6, 6.07) is -19.3. The zero-order valence-corrected chi connectivity index (χ0v) is 53.0. The summed E-state index contributed by atoms with van der Waals surface area (Å²) < 4.78 is 0. The van der Waals surface area contributed by atoms with Crippen molar-refractivity contribution in [3.63, 3.8) is 0 Å². The lowest BCUT2D eigenvalue weighted by atomic mass is 9.98. The van der Waals surface area contributed by atoms with E-state index in [-0.39, 0.29) is 69.9 Å². The molecule has 1 aliphatic heterocycles. The lowest BCUT2D eigenvalue weighted by Crippen LogP contribution is -2.62. The van der Waals surface area contributed by atoms with E-state index < -0.39 is 218 Å². The van der Waals surface area contributed by atoms with Crippen LogP contribution in [0.15, 0.2) is 0 Å². The summed E-state index contributed by atoms with van der Waals surface area (Å²) in [4.78, 5) is 187. The molecule has 1 aliphatic rings. The van der Waals surface area contributed by atoms with E-state index in [0.29, 0.717) is 0 Å². The number of nitrogens with zero attached hydrogens (tertiary/aromatic N) is 1. The molecule has 1 saturated heterocycles. The Morgan fingerprint density at radius 3 is 1.32 bits per heavy atom. The van der Waals surface area contributed by atoms with E-state index >= 15 is 0 Å². The number of hydrogen-bond donors (Lipinski definition) is 20. The topological polar surface area (TPSA) is 582 Å². The maximum absolute atomic E-state index is 14.4. The van der Waals surface area contributed by atoms with Crippen molar-refractivity contribution in [3.05, 3.63) is 0 Å². The minimum Gasteiger partial charge on any atom is -0.481 e. The van der Waals surface area contributed by atoms with Crippen molar-refractivity contribution in [3.8, 4) is 0 Å². The Bertz CT molecular complexity index is 2500. The Morgan fingerprint density at radius 2 is 0.879 bits per heavy atom. The average molecular weight is 1300 g/mol. The fourth-order valence-electron chi connectivity index (χ4n) is 9.30. The molecule has 12 amide bonds. The third-order valence-corrected chi connectivity index (χ3v) is 14.5. The van der Waals surface area contributed by atoms with Gasteiger partial charge in [0, 0.05) is 19.4 Å². The Kier molecular flexibility index (Phi) is 35.9. The first kappa shape index (κ1) is 81.3. The van der Waals surface area contributed by atoms with Gasteiger partial charge in [0.15, 0.2) is 0 Å². The van der Waals surface area contributed by atoms with Gasteiger partial charge in [-0.1, -0.05) is 41.5 Å². The van der Waals surface area contributed by atoms with Crippen LogP contribution in [-0.4, -0.2) is 241 Å². The molecule has 15 unspecified atom stereocenters. The zero-order chi connectivity index (χ0) is 69.7. The third-order valence-electron chi connectivity index (χ3n) is 14.5. The molecule has 91 heavy (non-hydrogen) atoms. The van der Waals surface area contributed by atoms with Gasteiger partial charge in [-0.2, -0.15) is 0 Å². The standard InChI is InChI=1S/C56H98N14O21/c1-25(2)21-34(48(82)67-42(27(5)6)53(87)68-43(29(8)74)54(88)64-35(56(90)91)22-26(3)4)63-51(85)38-14-12-20-70(38)55(89)44(30(9)75)69-47(81)32(15-17-39(58)76)61-49(83)36(23-71)65-45(79)31(13-10-11-19-57)60-46(80)33(16-18-40(77)78)62-50(84)37(24-72)66-52(86)41(59)28(7)73/h25-38,41-44,71-75H,10-24,57,59H2,1-9H3,(H2,58,76)(H,60,80)(H,61,83)(H,62,84)(H,63,85)(H,64,88)(H,65,79)(H,66,86)(H,67,82)(H,68,87)(H,69,81)(H,77,78)(H,90,91). The van der Waals surface area contributed by atoms with Crippen LogP contribution in [0.1, 0.15) is 133 Å². The number of hydrogen-bond acceptors (Lipinski definition) is 21. The van der Waals surface area contributed by atoms with Gasteiger partial charge < -0.3 is 111 Å². The average Bonchev–Trinajstić information content (AvgIpc) is 2.84. The van der Waals surface area contributed by atoms with Crippen molar-refractivity contribution in [1.82, 2.24) is 58.1 Å². The van der Waals surface area contributed by atoms with Gasteiger partial charge in [-0.3, -0.25) is 62.3 Å². The zero-order valence-electron chi connectivity index (χ0n) is 53.0. The minimum absolute atomic E-state index is 0.00768. The highest BCUT2D eigenvalue weighted by atomic mass is 16.4. The van der Waals surface area contributed by atoms with Crippen molar-refractivity contribution in [2.75, 3.05) is 26.3 Å². The van der Waals surface area contributed by atoms with Gasteiger partial charge in [0.05, 0.1) is 31.5 Å². The highest BCUT2D eigenvalue weighted by Gasteiger charge is 2.43. The molecule has 0 aromatic rings. The number of rotatable bonds is 42. The van der Waals surface area contributed by atoms with E-state index in [0.717, 1.165) is 11.8 Å². The number of aliphatic hydroxyl groups excluding tert-OH is 5. The molecule has 1 fully saturated rings. The molecule has 0 saturated carbocycles. The molecule has 0 aliphatic carbocycles. The Morgan fingerprint density at radius 1 is 0.473 bits per heavy atom. The number of nitrogens with one attached hydrogen (secondary N) is 10. The van der Waals surface area contributed by atoms with E-state index in [2.05, 4.69) is 53.2 Å². The number of carbonyl (C=O) groups excluding carboxylic acids is 12. The lowest BCUT2D eigenvalue weighted by molar-refractivity contribution is -0.145. The molecule has 0 radical (unpaired) electrons. The highest BCUT2D eigenvalue weighted by Crippen LogP contribution is 2.21. The highest BCUT2D eigenvalue weighted by molar-refractivity contribution is 6.00. The third kappa shape index (κ3) is 28.2. The minimum atomic E-state index is -1.93. The van der Waals surface area contributed by atoms with Crippen molar-refractivity contribution in [1.29, 1.82) is 0 Å². The number of aliphatic carboxylic acids is 2. The van der Waals surface area contributed by atoms with Crippen molar-refractivity contribution in [2.24, 2.45) is 35.0 Å². The monoisotopic (exact) mass is 1300 g/mol. The van der Waals surface area contributed by atoms with Crippen LogP contribution < -0.4 is 70.4 Å². The number of unbranched alkanes of at least 4 members (excludes halogenated alkanes) is 1. The number of amides is 12. The second-order valence-electron chi connectivity index (χ2n) is 23.8. The summed E-state index contributed by atoms with van der Waals surface area (Å²) in [5.41, 5.74) is 16.6. The number of carbonyl (C=O) groups is 14. The van der Waals surface area contributed by atoms with E-state index in [1.807, 2.05) is 0 Å². The Hall–Kier alpha value is -7.70. The van der Waals surface area contributed by atoms with Gasteiger partial charge in [-0.25, -0.2) is 4.79 Å². The fourth-order valence-corrected chi connectivity index (χ4v) is 9.30. The van der Waals surface area contributed by atoms with Crippen LogP contribution in [0.4, 0.5) is 0 Å². The van der Waals surface area contributed by atoms with Crippen LogP contribution >= 0.6 is 0 Å². The van der Waals surface area contributed by atoms with Crippen molar-refractivity contribution in [2.45, 2.75) is 224 Å². The number of nitrogens with two attached hydrogens (primary N) is 3. The number of aliphatic hydroxyl groups is 5. The van der Waals surface area contributed by atoms with Gasteiger partial charge in [0.1, 0.15) is 72.5 Å². The predicted octanol–water partition coefficient (Wildman–Crippen LogP) is -7.63. The van der Waals surface area contributed by atoms with E-state index in [1.54, 1.807) is 41.5 Å². The fraction of sp³-hybridized carbons (Fsp3) is 0.750. The molecule has 0 bridgehead atoms. The number of primary amides is 1. The summed E-state index contributed by atoms with van der Waals surface area (Å²) in [5, 5.41) is 93.9. The smallest absolute Gasteiger partial charge is 0.326 e. The molecular formula is C56H98N14O21. The Balaban J connectivity index is 3.46. The molecule has 518 valence electrons. The van der Waals surface area contributed by atoms with Gasteiger partial charge in [-0.05, 0) is 103 Å². The number of carboxylic acids is 2. The molecule has 23 N–H and O–H groups in total. The molecule has 15 atom stereocenters. The van der Waals surface area contributed by atoms with Crippen molar-refractivity contribution >= 4 is 82.8 Å². The quantitative estimate of drug-likeness (QED) is 0.0252. The summed E-state index contributed by atoms with van der Waals surface area (Å²) in [7, 11) is 0. The summed E-state index contributed by atoms with van der Waals surface area (Å²) in [5.74, 6) is -16.5. The predicted molar refractivity (Wildman–Crippen MR) is 321 cm³/mol. The van der Waals surface area contributed by atoms with Gasteiger partial charge in [0.25, 0.3) is 0 Å². The molecule has 0 aromatic carbocycles. The molecule has 1 heterocycles. The summed E-state index contributed by atoms with van der Waals surface area (Å²) in [6.45, 7) is 11.4. The van der Waals surface area contributed by atoms with Crippen LogP contribution in [-0.2, 0) is 67.1 Å². The molecule has 0 spiro atoms. The molecule has 0 aromatic heterocycles. The maximum Gasteiger partial charge on any atom is 0.326 e.